The van der Waals surface area contributed by atoms with Crippen molar-refractivity contribution in [2.24, 2.45) is 0 Å². The fourth-order valence-corrected chi connectivity index (χ4v) is 2.24. The molecule has 1 rings (SSSR count). The molecule has 106 valence electrons. The van der Waals surface area contributed by atoms with Gasteiger partial charge in [-0.15, -0.1) is 0 Å². The summed E-state index contributed by atoms with van der Waals surface area (Å²) in [6.07, 6.45) is 2.02. The number of amides is 1. The van der Waals surface area contributed by atoms with Crippen molar-refractivity contribution in [1.29, 1.82) is 0 Å². The lowest BCUT2D eigenvalue weighted by Crippen LogP contribution is -2.42. The number of benzene rings is 1. The van der Waals surface area contributed by atoms with E-state index in [0.717, 1.165) is 12.8 Å². The van der Waals surface area contributed by atoms with Crippen LogP contribution in [-0.4, -0.2) is 18.0 Å². The second-order valence-electron chi connectivity index (χ2n) is 4.69. The van der Waals surface area contributed by atoms with E-state index in [4.69, 9.17) is 23.2 Å². The van der Waals surface area contributed by atoms with E-state index in [1.807, 2.05) is 6.92 Å². The number of carbonyl (C=O) groups is 1. The third-order valence-electron chi connectivity index (χ3n) is 2.81. The van der Waals surface area contributed by atoms with Crippen LogP contribution in [0.4, 0.5) is 5.69 Å². The first kappa shape index (κ1) is 16.1. The molecule has 0 fully saturated rings. The quantitative estimate of drug-likeness (QED) is 0.830. The van der Waals surface area contributed by atoms with Gasteiger partial charge in [-0.2, -0.15) is 0 Å². The molecule has 1 aromatic rings. The Morgan fingerprint density at radius 3 is 2.58 bits per heavy atom. The molecule has 0 saturated heterocycles. The van der Waals surface area contributed by atoms with Crippen molar-refractivity contribution in [2.45, 2.75) is 45.7 Å². The fourth-order valence-electron chi connectivity index (χ4n) is 1.78. The Morgan fingerprint density at radius 2 is 2.00 bits per heavy atom. The lowest BCUT2D eigenvalue weighted by atomic mass is 10.2. The minimum Gasteiger partial charge on any atom is -0.373 e. The number of hydrogen-bond donors (Lipinski definition) is 2. The molecular formula is C14H20Cl2N2O. The monoisotopic (exact) mass is 302 g/mol. The van der Waals surface area contributed by atoms with E-state index in [0.29, 0.717) is 15.7 Å². The molecule has 0 heterocycles. The van der Waals surface area contributed by atoms with Gasteiger partial charge >= 0.3 is 0 Å². The second kappa shape index (κ2) is 7.61. The third kappa shape index (κ3) is 5.29. The Labute approximate surface area is 124 Å². The molecule has 2 unspecified atom stereocenters. The first-order valence-corrected chi connectivity index (χ1v) is 7.21. The predicted molar refractivity (Wildman–Crippen MR) is 82.1 cm³/mol. The van der Waals surface area contributed by atoms with Crippen LogP contribution in [0, 0.1) is 0 Å². The minimum atomic E-state index is -0.349. The fraction of sp³-hybridized carbons (Fsp3) is 0.500. The molecule has 0 aliphatic carbocycles. The summed E-state index contributed by atoms with van der Waals surface area (Å²) in [4.78, 5) is 12.0. The van der Waals surface area contributed by atoms with Crippen LogP contribution >= 0.6 is 23.2 Å². The summed E-state index contributed by atoms with van der Waals surface area (Å²) >= 11 is 11.9. The molecule has 0 bridgehead atoms. The Morgan fingerprint density at radius 1 is 1.32 bits per heavy atom. The highest BCUT2D eigenvalue weighted by atomic mass is 35.5. The van der Waals surface area contributed by atoms with Gasteiger partial charge in [0, 0.05) is 11.1 Å². The van der Waals surface area contributed by atoms with Gasteiger partial charge in [0.15, 0.2) is 0 Å². The molecule has 0 aliphatic heterocycles. The van der Waals surface area contributed by atoms with E-state index in [2.05, 4.69) is 17.6 Å². The maximum absolute atomic E-state index is 12.0. The van der Waals surface area contributed by atoms with E-state index in [-0.39, 0.29) is 18.0 Å². The molecule has 19 heavy (non-hydrogen) atoms. The maximum Gasteiger partial charge on any atom is 0.242 e. The molecule has 0 spiro atoms. The van der Waals surface area contributed by atoms with E-state index in [9.17, 15) is 4.79 Å². The zero-order valence-corrected chi connectivity index (χ0v) is 13.0. The summed E-state index contributed by atoms with van der Waals surface area (Å²) in [5.74, 6) is -0.0352. The smallest absolute Gasteiger partial charge is 0.242 e. The third-order valence-corrected chi connectivity index (χ3v) is 3.35. The second-order valence-corrected chi connectivity index (χ2v) is 5.53. The van der Waals surface area contributed by atoms with Gasteiger partial charge in [0.1, 0.15) is 6.04 Å². The van der Waals surface area contributed by atoms with E-state index < -0.39 is 0 Å². The topological polar surface area (TPSA) is 41.1 Å². The minimum absolute atomic E-state index is 0.0352. The van der Waals surface area contributed by atoms with Gasteiger partial charge in [0.25, 0.3) is 0 Å². The zero-order valence-electron chi connectivity index (χ0n) is 11.5. The molecule has 3 nitrogen and oxygen atoms in total. The number of anilines is 1. The Bertz CT molecular complexity index is 437. The normalized spacial score (nSPS) is 13.7. The SMILES string of the molecule is CCCC(C)NC(=O)C(C)Nc1ccc(Cl)cc1Cl. The standard InChI is InChI=1S/C14H20Cl2N2O/c1-4-5-9(2)17-14(19)10(3)18-13-7-6-11(15)8-12(13)16/h6-10,18H,4-5H2,1-3H3,(H,17,19). The summed E-state index contributed by atoms with van der Waals surface area (Å²) in [6, 6.07) is 4.99. The van der Waals surface area contributed by atoms with Crippen LogP contribution < -0.4 is 10.6 Å². The van der Waals surface area contributed by atoms with E-state index in [1.165, 1.54) is 0 Å². The van der Waals surface area contributed by atoms with Crippen LogP contribution in [0.1, 0.15) is 33.6 Å². The molecule has 0 radical (unpaired) electrons. The van der Waals surface area contributed by atoms with Crippen molar-refractivity contribution < 1.29 is 4.79 Å². The first-order chi connectivity index (χ1) is 8.93. The summed E-state index contributed by atoms with van der Waals surface area (Å²) in [5, 5.41) is 7.12. The van der Waals surface area contributed by atoms with E-state index >= 15 is 0 Å². The van der Waals surface area contributed by atoms with Gasteiger partial charge in [-0.1, -0.05) is 36.5 Å². The number of carbonyl (C=O) groups excluding carboxylic acids is 1. The Balaban J connectivity index is 2.58. The van der Waals surface area contributed by atoms with Gasteiger partial charge in [-0.05, 0) is 38.5 Å². The van der Waals surface area contributed by atoms with Gasteiger partial charge in [0.05, 0.1) is 10.7 Å². The van der Waals surface area contributed by atoms with Crippen molar-refractivity contribution in [2.75, 3.05) is 5.32 Å². The van der Waals surface area contributed by atoms with Gasteiger partial charge in [0.2, 0.25) is 5.91 Å². The van der Waals surface area contributed by atoms with Crippen LogP contribution in [0.5, 0.6) is 0 Å². The number of nitrogens with one attached hydrogen (secondary N) is 2. The number of rotatable bonds is 6. The lowest BCUT2D eigenvalue weighted by molar-refractivity contribution is -0.122. The van der Waals surface area contributed by atoms with Crippen molar-refractivity contribution >= 4 is 34.8 Å². The highest BCUT2D eigenvalue weighted by Crippen LogP contribution is 2.25. The van der Waals surface area contributed by atoms with Crippen LogP contribution in [0.2, 0.25) is 10.0 Å². The summed E-state index contributed by atoms with van der Waals surface area (Å²) in [5.41, 5.74) is 0.705. The predicted octanol–water partition coefficient (Wildman–Crippen LogP) is 4.10. The first-order valence-electron chi connectivity index (χ1n) is 6.46. The summed E-state index contributed by atoms with van der Waals surface area (Å²) < 4.78 is 0. The Hall–Kier alpha value is -0.930. The lowest BCUT2D eigenvalue weighted by Gasteiger charge is -2.19. The van der Waals surface area contributed by atoms with Gasteiger partial charge < -0.3 is 10.6 Å². The van der Waals surface area contributed by atoms with Crippen LogP contribution in [0.25, 0.3) is 0 Å². The largest absolute Gasteiger partial charge is 0.373 e. The maximum atomic E-state index is 12.0. The number of halogens is 2. The average molecular weight is 303 g/mol. The number of hydrogen-bond acceptors (Lipinski definition) is 2. The molecule has 0 aliphatic rings. The highest BCUT2D eigenvalue weighted by molar-refractivity contribution is 6.36. The van der Waals surface area contributed by atoms with Crippen LogP contribution in [0.3, 0.4) is 0 Å². The Kier molecular flexibility index (Phi) is 6.46. The van der Waals surface area contributed by atoms with Crippen LogP contribution in [0.15, 0.2) is 18.2 Å². The molecular weight excluding hydrogens is 283 g/mol. The molecule has 0 aromatic heterocycles. The molecule has 1 aromatic carbocycles. The van der Waals surface area contributed by atoms with Crippen molar-refractivity contribution in [1.82, 2.24) is 5.32 Å². The summed E-state index contributed by atoms with van der Waals surface area (Å²) in [7, 11) is 0. The molecule has 1 amide bonds. The average Bonchev–Trinajstić information content (AvgIpc) is 2.32. The zero-order chi connectivity index (χ0) is 14.4. The van der Waals surface area contributed by atoms with Crippen LogP contribution in [-0.2, 0) is 4.79 Å². The molecule has 5 heteroatoms. The molecule has 2 atom stereocenters. The van der Waals surface area contributed by atoms with E-state index in [1.54, 1.807) is 25.1 Å². The molecule has 0 saturated carbocycles. The molecule has 2 N–H and O–H groups in total. The highest BCUT2D eigenvalue weighted by Gasteiger charge is 2.15. The van der Waals surface area contributed by atoms with Gasteiger partial charge in [-0.3, -0.25) is 4.79 Å². The van der Waals surface area contributed by atoms with Gasteiger partial charge in [-0.25, -0.2) is 0 Å². The summed E-state index contributed by atoms with van der Waals surface area (Å²) in [6.45, 7) is 5.90. The van der Waals surface area contributed by atoms with Crippen molar-refractivity contribution in [3.63, 3.8) is 0 Å². The van der Waals surface area contributed by atoms with Crippen molar-refractivity contribution in [3.8, 4) is 0 Å². The van der Waals surface area contributed by atoms with Crippen molar-refractivity contribution in [3.05, 3.63) is 28.2 Å².